The number of hydrogen-bond donors (Lipinski definition) is 1. The predicted octanol–water partition coefficient (Wildman–Crippen LogP) is 3.95. The highest BCUT2D eigenvalue weighted by Gasteiger charge is 2.34. The Morgan fingerprint density at radius 1 is 1.19 bits per heavy atom. The summed E-state index contributed by atoms with van der Waals surface area (Å²) in [5.41, 5.74) is -0.618. The van der Waals surface area contributed by atoms with Crippen molar-refractivity contribution in [1.29, 1.82) is 0 Å². The molecule has 136 valence electrons. The molecule has 3 heterocycles. The molecule has 0 bridgehead atoms. The third-order valence-corrected chi connectivity index (χ3v) is 3.50. The average Bonchev–Trinajstić information content (AvgIpc) is 3.16. The number of ether oxygens (including phenoxy) is 1. The largest absolute Gasteiger partial charge is 0.467 e. The number of anilines is 1. The molecule has 9 heteroatoms. The summed E-state index contributed by atoms with van der Waals surface area (Å²) in [4.78, 5) is 11.7. The van der Waals surface area contributed by atoms with E-state index in [0.29, 0.717) is 11.3 Å². The second-order valence-electron chi connectivity index (χ2n) is 5.36. The van der Waals surface area contributed by atoms with Crippen molar-refractivity contribution in [2.24, 2.45) is 0 Å². The van der Waals surface area contributed by atoms with Crippen molar-refractivity contribution in [3.63, 3.8) is 0 Å². The Kier molecular flexibility index (Phi) is 5.17. The zero-order valence-corrected chi connectivity index (χ0v) is 13.7. The molecule has 0 radical (unpaired) electrons. The van der Waals surface area contributed by atoms with Gasteiger partial charge in [0.2, 0.25) is 0 Å². The summed E-state index contributed by atoms with van der Waals surface area (Å²) >= 11 is 0. The fourth-order valence-electron chi connectivity index (χ4n) is 2.33. The zero-order chi connectivity index (χ0) is 18.6. The number of pyridine rings is 1. The van der Waals surface area contributed by atoms with Crippen LogP contribution in [0.4, 0.5) is 19.0 Å². The number of halogens is 3. The second-order valence-corrected chi connectivity index (χ2v) is 5.36. The van der Waals surface area contributed by atoms with Crippen LogP contribution in [0.3, 0.4) is 0 Å². The van der Waals surface area contributed by atoms with Gasteiger partial charge >= 0.3 is 6.18 Å². The van der Waals surface area contributed by atoms with Gasteiger partial charge in [0.1, 0.15) is 17.6 Å². The maximum atomic E-state index is 13.2. The van der Waals surface area contributed by atoms with Crippen molar-refractivity contribution < 1.29 is 22.3 Å². The Morgan fingerprint density at radius 2 is 1.96 bits per heavy atom. The highest BCUT2D eigenvalue weighted by molar-refractivity contribution is 5.57. The minimum atomic E-state index is -4.61. The van der Waals surface area contributed by atoms with Crippen molar-refractivity contribution >= 4 is 5.82 Å². The van der Waals surface area contributed by atoms with E-state index in [9.17, 15) is 13.2 Å². The van der Waals surface area contributed by atoms with Crippen LogP contribution in [0.2, 0.25) is 0 Å². The molecule has 0 aromatic carbocycles. The number of nitrogens with one attached hydrogen (secondary N) is 1. The molecule has 3 aromatic heterocycles. The molecule has 3 rings (SSSR count). The van der Waals surface area contributed by atoms with Crippen molar-refractivity contribution in [2.75, 3.05) is 19.0 Å². The first-order valence-electron chi connectivity index (χ1n) is 7.63. The van der Waals surface area contributed by atoms with Crippen LogP contribution in [0.1, 0.15) is 17.5 Å². The number of methoxy groups -OCH3 is 1. The molecule has 0 amide bonds. The molecule has 26 heavy (non-hydrogen) atoms. The van der Waals surface area contributed by atoms with Crippen molar-refractivity contribution in [1.82, 2.24) is 15.0 Å². The fourth-order valence-corrected chi connectivity index (χ4v) is 2.33. The standard InChI is InChI=1S/C17H15F3N4O2/c1-25-10-12(13-3-2-8-26-13)22-15-9-14(17(18,19)20)23-16(24-15)11-4-6-21-7-5-11/h2-9,12H,10H2,1H3,(H,22,23,24). The summed E-state index contributed by atoms with van der Waals surface area (Å²) in [6.45, 7) is 0.184. The molecule has 1 N–H and O–H groups in total. The molecule has 0 saturated carbocycles. The van der Waals surface area contributed by atoms with E-state index < -0.39 is 17.9 Å². The average molecular weight is 364 g/mol. The van der Waals surface area contributed by atoms with Gasteiger partial charge < -0.3 is 14.5 Å². The van der Waals surface area contributed by atoms with Crippen molar-refractivity contribution in [3.8, 4) is 11.4 Å². The van der Waals surface area contributed by atoms with Gasteiger partial charge in [0, 0.05) is 31.1 Å². The third kappa shape index (κ3) is 4.17. The van der Waals surface area contributed by atoms with Crippen LogP contribution in [0.25, 0.3) is 11.4 Å². The Hall–Kier alpha value is -2.94. The molecule has 0 spiro atoms. The number of alkyl halides is 3. The van der Waals surface area contributed by atoms with Gasteiger partial charge in [-0.2, -0.15) is 13.2 Å². The van der Waals surface area contributed by atoms with Gasteiger partial charge in [-0.3, -0.25) is 4.98 Å². The Balaban J connectivity index is 2.00. The quantitative estimate of drug-likeness (QED) is 0.714. The van der Waals surface area contributed by atoms with E-state index in [1.807, 2.05) is 0 Å². The third-order valence-electron chi connectivity index (χ3n) is 3.50. The van der Waals surface area contributed by atoms with Crippen molar-refractivity contribution in [3.05, 3.63) is 60.4 Å². The van der Waals surface area contributed by atoms with Crippen LogP contribution in [-0.4, -0.2) is 28.7 Å². The first kappa shape index (κ1) is 17.9. The van der Waals surface area contributed by atoms with Crippen molar-refractivity contribution in [2.45, 2.75) is 12.2 Å². The van der Waals surface area contributed by atoms with Crippen LogP contribution in [-0.2, 0) is 10.9 Å². The predicted molar refractivity (Wildman–Crippen MR) is 87.2 cm³/mol. The summed E-state index contributed by atoms with van der Waals surface area (Å²) in [6, 6.07) is 6.82. The fraction of sp³-hybridized carbons (Fsp3) is 0.235. The molecule has 0 aliphatic rings. The van der Waals surface area contributed by atoms with E-state index >= 15 is 0 Å². The molecular formula is C17H15F3N4O2. The first-order valence-corrected chi connectivity index (χ1v) is 7.63. The minimum absolute atomic E-state index is 0.0117. The maximum absolute atomic E-state index is 13.2. The molecular weight excluding hydrogens is 349 g/mol. The van der Waals surface area contributed by atoms with Gasteiger partial charge in [0.05, 0.1) is 12.9 Å². The lowest BCUT2D eigenvalue weighted by atomic mass is 10.2. The van der Waals surface area contributed by atoms with Gasteiger partial charge in [0.25, 0.3) is 0 Å². The first-order chi connectivity index (χ1) is 12.5. The van der Waals surface area contributed by atoms with Crippen LogP contribution in [0, 0.1) is 0 Å². The highest BCUT2D eigenvalue weighted by atomic mass is 19.4. The number of rotatable bonds is 6. The van der Waals surface area contributed by atoms with Crippen LogP contribution < -0.4 is 5.32 Å². The van der Waals surface area contributed by atoms with E-state index in [1.165, 1.54) is 25.8 Å². The van der Waals surface area contributed by atoms with Gasteiger partial charge in [-0.05, 0) is 24.3 Å². The lowest BCUT2D eigenvalue weighted by Crippen LogP contribution is -2.18. The maximum Gasteiger partial charge on any atom is 0.433 e. The summed E-state index contributed by atoms with van der Waals surface area (Å²) in [5.74, 6) is 0.474. The number of hydrogen-bond acceptors (Lipinski definition) is 6. The molecule has 1 atom stereocenters. The van der Waals surface area contributed by atoms with E-state index in [2.05, 4.69) is 20.3 Å². The number of nitrogens with zero attached hydrogens (tertiary/aromatic N) is 3. The van der Waals surface area contributed by atoms with E-state index in [-0.39, 0.29) is 18.2 Å². The lowest BCUT2D eigenvalue weighted by molar-refractivity contribution is -0.141. The molecule has 0 saturated heterocycles. The monoisotopic (exact) mass is 364 g/mol. The van der Waals surface area contributed by atoms with Gasteiger partial charge in [-0.15, -0.1) is 0 Å². The SMILES string of the molecule is COCC(Nc1cc(C(F)(F)F)nc(-c2ccncc2)n1)c1ccco1. The Morgan fingerprint density at radius 3 is 2.58 bits per heavy atom. The van der Waals surface area contributed by atoms with Crippen LogP contribution in [0.15, 0.2) is 53.4 Å². The molecule has 0 fully saturated rings. The number of aromatic nitrogens is 3. The van der Waals surface area contributed by atoms with E-state index in [1.54, 1.807) is 24.3 Å². The van der Waals surface area contributed by atoms with Crippen LogP contribution >= 0.6 is 0 Å². The molecule has 0 aliphatic heterocycles. The topological polar surface area (TPSA) is 73.1 Å². The van der Waals surface area contributed by atoms with E-state index in [4.69, 9.17) is 9.15 Å². The summed E-state index contributed by atoms with van der Waals surface area (Å²) < 4.78 is 50.2. The lowest BCUT2D eigenvalue weighted by Gasteiger charge is -2.18. The zero-order valence-electron chi connectivity index (χ0n) is 13.7. The Labute approximate surface area is 147 Å². The minimum Gasteiger partial charge on any atom is -0.467 e. The van der Waals surface area contributed by atoms with Gasteiger partial charge in [0.15, 0.2) is 11.5 Å². The van der Waals surface area contributed by atoms with Gasteiger partial charge in [-0.1, -0.05) is 0 Å². The van der Waals surface area contributed by atoms with Crippen LogP contribution in [0.5, 0.6) is 0 Å². The number of furan rings is 1. The van der Waals surface area contributed by atoms with Gasteiger partial charge in [-0.25, -0.2) is 9.97 Å². The second kappa shape index (κ2) is 7.52. The molecule has 6 nitrogen and oxygen atoms in total. The van der Waals surface area contributed by atoms with E-state index in [0.717, 1.165) is 6.07 Å². The smallest absolute Gasteiger partial charge is 0.433 e. The summed E-state index contributed by atoms with van der Waals surface area (Å²) in [6.07, 6.45) is -0.211. The molecule has 0 aliphatic carbocycles. The molecule has 3 aromatic rings. The highest BCUT2D eigenvalue weighted by Crippen LogP contribution is 2.31. The normalized spacial score (nSPS) is 12.8. The summed E-state index contributed by atoms with van der Waals surface area (Å²) in [7, 11) is 1.49. The molecule has 1 unspecified atom stereocenters. The Bertz CT molecular complexity index is 839. The summed E-state index contributed by atoms with van der Waals surface area (Å²) in [5, 5.41) is 2.92.